The van der Waals surface area contributed by atoms with Crippen molar-refractivity contribution in [3.63, 3.8) is 0 Å². The predicted molar refractivity (Wildman–Crippen MR) is 59.9 cm³/mol. The number of halogens is 4. The summed E-state index contributed by atoms with van der Waals surface area (Å²) in [6.45, 7) is 0. The predicted octanol–water partition coefficient (Wildman–Crippen LogP) is 1.97. The van der Waals surface area contributed by atoms with Crippen molar-refractivity contribution in [3.05, 3.63) is 0 Å². The van der Waals surface area contributed by atoms with Crippen LogP contribution >= 0.6 is 62.9 Å². The maximum Gasteiger partial charge on any atom is 0.267 e. The Hall–Kier alpha value is 1.61. The van der Waals surface area contributed by atoms with Gasteiger partial charge in [-0.3, -0.25) is 4.57 Å². The molecule has 5 nitrogen and oxygen atoms in total. The zero-order valence-corrected chi connectivity index (χ0v) is 12.7. The van der Waals surface area contributed by atoms with Gasteiger partial charge in [0.25, 0.3) is 7.82 Å². The average molecular weight is 398 g/mol. The third-order valence-electron chi connectivity index (χ3n) is 0.717. The Morgan fingerprint density at radius 1 is 1.50 bits per heavy atom. The van der Waals surface area contributed by atoms with Crippen molar-refractivity contribution in [3.8, 4) is 0 Å². The van der Waals surface area contributed by atoms with Crippen molar-refractivity contribution in [1.29, 1.82) is 0 Å². The number of hydrogen-bond acceptors (Lipinski definition) is 5. The fourth-order valence-electron chi connectivity index (χ4n) is 0.0745. The topological polar surface area (TPSA) is 78.8 Å². The SMILES string of the molecule is COP(=O)([O-])OC.OC(Br)C(Cl)(Cl)Br. The van der Waals surface area contributed by atoms with Crippen molar-refractivity contribution in [2.75, 3.05) is 14.2 Å². The molecule has 0 aromatic carbocycles. The number of aliphatic hydroxyl groups is 1. The Morgan fingerprint density at radius 3 is 1.71 bits per heavy atom. The molecular weight excluding hydrogens is 390 g/mol. The first-order valence-corrected chi connectivity index (χ1v) is 6.80. The molecule has 88 valence electrons. The summed E-state index contributed by atoms with van der Waals surface area (Å²) in [6.07, 6.45) is 0. The molecule has 0 saturated heterocycles. The smallest absolute Gasteiger partial charge is 0.267 e. The fourth-order valence-corrected chi connectivity index (χ4v) is 0.224. The van der Waals surface area contributed by atoms with Gasteiger partial charge in [-0.05, 0) is 15.9 Å². The number of phosphoric acid groups is 1. The highest BCUT2D eigenvalue weighted by atomic mass is 79.9. The number of rotatable bonds is 3. The Morgan fingerprint density at radius 2 is 1.71 bits per heavy atom. The van der Waals surface area contributed by atoms with Crippen LogP contribution in [0.5, 0.6) is 0 Å². The summed E-state index contributed by atoms with van der Waals surface area (Å²) in [5, 5.41) is 7.55. The molecule has 0 saturated carbocycles. The van der Waals surface area contributed by atoms with Crippen LogP contribution in [0.2, 0.25) is 0 Å². The van der Waals surface area contributed by atoms with E-state index in [4.69, 9.17) is 28.3 Å². The number of alkyl halides is 4. The monoisotopic (exact) mass is 395 g/mol. The van der Waals surface area contributed by atoms with E-state index in [0.717, 1.165) is 14.2 Å². The van der Waals surface area contributed by atoms with E-state index in [0.29, 0.717) is 0 Å². The molecule has 0 spiro atoms. The molecular formula is C4H8Br2Cl2O5P-. The van der Waals surface area contributed by atoms with E-state index < -0.39 is 16.1 Å². The Labute approximate surface area is 109 Å². The van der Waals surface area contributed by atoms with Crippen molar-refractivity contribution in [1.82, 2.24) is 0 Å². The van der Waals surface area contributed by atoms with Gasteiger partial charge in [0, 0.05) is 14.2 Å². The summed E-state index contributed by atoms with van der Waals surface area (Å²) >= 11 is 16.0. The van der Waals surface area contributed by atoms with Crippen LogP contribution in [0.25, 0.3) is 0 Å². The molecule has 1 atom stereocenters. The first-order valence-electron chi connectivity index (χ1n) is 2.88. The molecule has 0 rings (SSSR count). The quantitative estimate of drug-likeness (QED) is 0.582. The molecule has 1 unspecified atom stereocenters. The molecule has 0 aliphatic carbocycles. The molecule has 0 aromatic heterocycles. The van der Waals surface area contributed by atoms with Gasteiger partial charge in [0.1, 0.15) is 0 Å². The summed E-state index contributed by atoms with van der Waals surface area (Å²) in [4.78, 5) is 9.95. The van der Waals surface area contributed by atoms with Gasteiger partial charge in [-0.2, -0.15) is 0 Å². The molecule has 0 radical (unpaired) electrons. The Bertz CT molecular complexity index is 189. The molecule has 0 fully saturated rings. The Kier molecular flexibility index (Phi) is 10.0. The van der Waals surface area contributed by atoms with Crippen LogP contribution in [0, 0.1) is 0 Å². The highest BCUT2D eigenvalue weighted by Crippen LogP contribution is 2.35. The van der Waals surface area contributed by atoms with Gasteiger partial charge < -0.3 is 19.0 Å². The molecule has 0 amide bonds. The van der Waals surface area contributed by atoms with Crippen molar-refractivity contribution in [2.45, 2.75) is 8.26 Å². The summed E-state index contributed by atoms with van der Waals surface area (Å²) in [5.74, 6) is 0. The lowest BCUT2D eigenvalue weighted by Crippen LogP contribution is -2.16. The van der Waals surface area contributed by atoms with Crippen molar-refractivity contribution >= 4 is 62.9 Å². The normalized spacial score (nSPS) is 14.3. The van der Waals surface area contributed by atoms with Crippen LogP contribution in [-0.2, 0) is 13.6 Å². The van der Waals surface area contributed by atoms with Crippen LogP contribution in [0.15, 0.2) is 0 Å². The van der Waals surface area contributed by atoms with Crippen LogP contribution in [0.1, 0.15) is 0 Å². The number of phosphoric ester groups is 1. The van der Waals surface area contributed by atoms with Gasteiger partial charge in [0.05, 0.1) is 0 Å². The molecule has 0 bridgehead atoms. The van der Waals surface area contributed by atoms with Gasteiger partial charge in [0.2, 0.25) is 3.24 Å². The standard InChI is InChI=1S/C2H2Br2Cl2O.C2H7O4P/c3-1(7)2(4,5)6;1-5-7(3,4)6-2/h1,7H;1-2H3,(H,3,4)/p-1. The lowest BCUT2D eigenvalue weighted by molar-refractivity contribution is -0.220. The lowest BCUT2D eigenvalue weighted by atomic mass is 10.9. The minimum absolute atomic E-state index is 0.941. The molecule has 14 heavy (non-hydrogen) atoms. The van der Waals surface area contributed by atoms with Crippen LogP contribution < -0.4 is 4.89 Å². The van der Waals surface area contributed by atoms with Crippen LogP contribution in [-0.4, -0.2) is 27.6 Å². The van der Waals surface area contributed by atoms with Gasteiger partial charge in [0.15, 0.2) is 5.01 Å². The van der Waals surface area contributed by atoms with Gasteiger partial charge in [-0.15, -0.1) is 0 Å². The van der Waals surface area contributed by atoms with Gasteiger partial charge in [-0.25, -0.2) is 0 Å². The second-order valence-corrected chi connectivity index (χ2v) is 7.73. The van der Waals surface area contributed by atoms with Gasteiger partial charge >= 0.3 is 0 Å². The molecule has 0 heterocycles. The minimum Gasteiger partial charge on any atom is -0.756 e. The van der Waals surface area contributed by atoms with E-state index in [2.05, 4.69) is 40.9 Å². The largest absolute Gasteiger partial charge is 0.756 e. The van der Waals surface area contributed by atoms with E-state index in [1.165, 1.54) is 0 Å². The maximum absolute atomic E-state index is 9.95. The molecule has 1 N–H and O–H groups in total. The Balaban J connectivity index is 0. The molecule has 0 aliphatic rings. The van der Waals surface area contributed by atoms with Crippen molar-refractivity contribution in [2.24, 2.45) is 0 Å². The highest BCUT2D eigenvalue weighted by molar-refractivity contribution is 9.13. The highest BCUT2D eigenvalue weighted by Gasteiger charge is 2.26. The minimum atomic E-state index is -3.90. The summed E-state index contributed by atoms with van der Waals surface area (Å²) in [7, 11) is -1.83. The second-order valence-electron chi connectivity index (χ2n) is 1.69. The van der Waals surface area contributed by atoms with E-state index in [1.807, 2.05) is 0 Å². The second kappa shape index (κ2) is 7.81. The van der Waals surface area contributed by atoms with Gasteiger partial charge in [-0.1, -0.05) is 39.1 Å². The lowest BCUT2D eigenvalue weighted by Gasteiger charge is -2.16. The zero-order valence-electron chi connectivity index (χ0n) is 7.12. The van der Waals surface area contributed by atoms with Crippen LogP contribution in [0.3, 0.4) is 0 Å². The van der Waals surface area contributed by atoms with E-state index in [-0.39, 0.29) is 0 Å². The number of aliphatic hydroxyl groups excluding tert-OH is 1. The maximum atomic E-state index is 9.95. The summed E-state index contributed by atoms with van der Waals surface area (Å²) < 4.78 is 16.4. The van der Waals surface area contributed by atoms with E-state index >= 15 is 0 Å². The van der Waals surface area contributed by atoms with E-state index in [9.17, 15) is 9.46 Å². The fraction of sp³-hybridized carbons (Fsp3) is 1.00. The average Bonchev–Trinajstić information content (AvgIpc) is 2.04. The molecule has 0 aliphatic heterocycles. The summed E-state index contributed by atoms with van der Waals surface area (Å²) in [5.41, 5.74) is 0. The van der Waals surface area contributed by atoms with E-state index in [1.54, 1.807) is 0 Å². The summed E-state index contributed by atoms with van der Waals surface area (Å²) in [6, 6.07) is 0. The molecule has 0 aromatic rings. The molecule has 10 heteroatoms. The third kappa shape index (κ3) is 11.7. The third-order valence-corrected chi connectivity index (χ3v) is 4.29. The van der Waals surface area contributed by atoms with Crippen molar-refractivity contribution < 1.29 is 23.6 Å². The first-order chi connectivity index (χ1) is 6.06. The van der Waals surface area contributed by atoms with Crippen LogP contribution in [0.4, 0.5) is 0 Å². The zero-order chi connectivity index (χ0) is 12.0. The number of hydrogen-bond donors (Lipinski definition) is 1. The first kappa shape index (κ1) is 18.0.